The molecule has 0 saturated carbocycles. The molecule has 3 aromatic rings. The summed E-state index contributed by atoms with van der Waals surface area (Å²) in [7, 11) is 3.00. The van der Waals surface area contributed by atoms with Crippen molar-refractivity contribution in [3.05, 3.63) is 65.4 Å². The maximum absolute atomic E-state index is 12.6. The Kier molecular flexibility index (Phi) is 5.50. The number of methoxy groups -OCH3 is 2. The highest BCUT2D eigenvalue weighted by Gasteiger charge is 2.24. The van der Waals surface area contributed by atoms with Gasteiger partial charge in [-0.05, 0) is 18.2 Å². The quantitative estimate of drug-likeness (QED) is 0.718. The van der Waals surface area contributed by atoms with Crippen molar-refractivity contribution < 1.29 is 14.3 Å². The minimum atomic E-state index is -0.838. The van der Waals surface area contributed by atoms with E-state index < -0.39 is 6.10 Å². The number of hydrogen-bond acceptors (Lipinski definition) is 5. The van der Waals surface area contributed by atoms with E-state index in [1.165, 1.54) is 11.8 Å². The summed E-state index contributed by atoms with van der Waals surface area (Å²) >= 11 is 6.12. The number of pyridine rings is 1. The van der Waals surface area contributed by atoms with Gasteiger partial charge in [0.1, 0.15) is 5.75 Å². The standard InChI is InChI=1S/C18H17ClN4O3/c1-25-14-8-4-3-6-12(14)16(26-2)18(24)21-15-9-11-23(22-15)17-13(19)7-5-10-20-17/h3-11,16H,1-2H3,(H,21,22,24). The molecule has 0 aliphatic rings. The summed E-state index contributed by atoms with van der Waals surface area (Å²) in [5.74, 6) is 1.03. The van der Waals surface area contributed by atoms with Crippen LogP contribution in [-0.4, -0.2) is 34.9 Å². The van der Waals surface area contributed by atoms with Gasteiger partial charge in [-0.1, -0.05) is 29.8 Å². The number of amides is 1. The highest BCUT2D eigenvalue weighted by Crippen LogP contribution is 2.28. The lowest BCUT2D eigenvalue weighted by atomic mass is 10.1. The van der Waals surface area contributed by atoms with E-state index in [9.17, 15) is 4.79 Å². The van der Waals surface area contributed by atoms with Crippen LogP contribution >= 0.6 is 11.6 Å². The molecule has 2 aromatic heterocycles. The average Bonchev–Trinajstić information content (AvgIpc) is 3.11. The van der Waals surface area contributed by atoms with Gasteiger partial charge in [-0.15, -0.1) is 5.10 Å². The number of aromatic nitrogens is 3. The summed E-state index contributed by atoms with van der Waals surface area (Å²) in [6.45, 7) is 0. The Hall–Kier alpha value is -2.90. The lowest BCUT2D eigenvalue weighted by Gasteiger charge is -2.17. The van der Waals surface area contributed by atoms with E-state index >= 15 is 0 Å². The van der Waals surface area contributed by atoms with Crippen LogP contribution in [0.4, 0.5) is 5.82 Å². The van der Waals surface area contributed by atoms with Crippen LogP contribution in [0.1, 0.15) is 11.7 Å². The fourth-order valence-corrected chi connectivity index (χ4v) is 2.71. The van der Waals surface area contributed by atoms with Crippen molar-refractivity contribution in [2.24, 2.45) is 0 Å². The van der Waals surface area contributed by atoms with Crippen LogP contribution in [0.2, 0.25) is 5.02 Å². The molecule has 26 heavy (non-hydrogen) atoms. The second-order valence-electron chi connectivity index (χ2n) is 5.30. The number of nitrogens with one attached hydrogen (secondary N) is 1. The summed E-state index contributed by atoms with van der Waals surface area (Å²) in [5.41, 5.74) is 0.627. The first-order valence-corrected chi connectivity index (χ1v) is 8.15. The van der Waals surface area contributed by atoms with Crippen molar-refractivity contribution in [1.82, 2.24) is 14.8 Å². The molecular formula is C18H17ClN4O3. The number of carbonyl (C=O) groups is 1. The highest BCUT2D eigenvalue weighted by molar-refractivity contribution is 6.32. The van der Waals surface area contributed by atoms with Gasteiger partial charge >= 0.3 is 0 Å². The molecule has 7 nitrogen and oxygen atoms in total. The van der Waals surface area contributed by atoms with Crippen molar-refractivity contribution in [3.8, 4) is 11.6 Å². The lowest BCUT2D eigenvalue weighted by molar-refractivity contribution is -0.126. The normalized spacial score (nSPS) is 11.8. The van der Waals surface area contributed by atoms with E-state index in [0.29, 0.717) is 28.0 Å². The molecule has 0 bridgehead atoms. The number of benzene rings is 1. The van der Waals surface area contributed by atoms with Crippen molar-refractivity contribution in [1.29, 1.82) is 0 Å². The summed E-state index contributed by atoms with van der Waals surface area (Å²) in [4.78, 5) is 16.8. The Labute approximate surface area is 155 Å². The number of rotatable bonds is 6. The third-order valence-electron chi connectivity index (χ3n) is 3.69. The van der Waals surface area contributed by atoms with Crippen molar-refractivity contribution in [3.63, 3.8) is 0 Å². The molecule has 0 fully saturated rings. The molecule has 1 aromatic carbocycles. The number of carbonyl (C=O) groups excluding carboxylic acids is 1. The number of anilines is 1. The lowest BCUT2D eigenvalue weighted by Crippen LogP contribution is -2.23. The Bertz CT molecular complexity index is 913. The SMILES string of the molecule is COc1ccccc1C(OC)C(=O)Nc1ccn(-c2ncccc2Cl)n1. The third kappa shape index (κ3) is 3.68. The molecule has 0 aliphatic carbocycles. The van der Waals surface area contributed by atoms with E-state index in [1.807, 2.05) is 12.1 Å². The summed E-state index contributed by atoms with van der Waals surface area (Å²) in [6, 6.07) is 12.3. The van der Waals surface area contributed by atoms with Gasteiger partial charge in [-0.3, -0.25) is 4.79 Å². The minimum absolute atomic E-state index is 0.355. The molecule has 1 amide bonds. The van der Waals surface area contributed by atoms with Crippen LogP contribution in [0.15, 0.2) is 54.9 Å². The zero-order valence-corrected chi connectivity index (χ0v) is 15.0. The Morgan fingerprint density at radius 1 is 1.19 bits per heavy atom. The second-order valence-corrected chi connectivity index (χ2v) is 5.71. The Morgan fingerprint density at radius 2 is 2.00 bits per heavy atom. The molecule has 8 heteroatoms. The molecular weight excluding hydrogens is 356 g/mol. The smallest absolute Gasteiger partial charge is 0.259 e. The van der Waals surface area contributed by atoms with Gasteiger partial charge in [0.25, 0.3) is 5.91 Å². The van der Waals surface area contributed by atoms with Gasteiger partial charge in [0.05, 0.1) is 12.1 Å². The fraction of sp³-hybridized carbons (Fsp3) is 0.167. The summed E-state index contributed by atoms with van der Waals surface area (Å²) in [5, 5.41) is 7.47. The maximum Gasteiger partial charge on any atom is 0.259 e. The highest BCUT2D eigenvalue weighted by atomic mass is 35.5. The Balaban J connectivity index is 1.80. The van der Waals surface area contributed by atoms with Gasteiger partial charge in [0, 0.05) is 31.1 Å². The minimum Gasteiger partial charge on any atom is -0.496 e. The topological polar surface area (TPSA) is 78.3 Å². The summed E-state index contributed by atoms with van der Waals surface area (Å²) < 4.78 is 12.2. The molecule has 0 radical (unpaired) electrons. The summed E-state index contributed by atoms with van der Waals surface area (Å²) in [6.07, 6.45) is 2.44. The van der Waals surface area contributed by atoms with Crippen LogP contribution in [0.5, 0.6) is 5.75 Å². The van der Waals surface area contributed by atoms with Gasteiger partial charge in [0.2, 0.25) is 0 Å². The fourth-order valence-electron chi connectivity index (χ4n) is 2.50. The van der Waals surface area contributed by atoms with Crippen LogP contribution in [-0.2, 0) is 9.53 Å². The second kappa shape index (κ2) is 7.99. The molecule has 2 heterocycles. The van der Waals surface area contributed by atoms with E-state index in [1.54, 1.807) is 49.8 Å². The van der Waals surface area contributed by atoms with E-state index in [2.05, 4.69) is 15.4 Å². The molecule has 0 saturated heterocycles. The first-order chi connectivity index (χ1) is 12.6. The van der Waals surface area contributed by atoms with Crippen LogP contribution in [0, 0.1) is 0 Å². The van der Waals surface area contributed by atoms with Crippen molar-refractivity contribution in [2.45, 2.75) is 6.10 Å². The monoisotopic (exact) mass is 372 g/mol. The first kappa shape index (κ1) is 17.9. The van der Waals surface area contributed by atoms with E-state index in [-0.39, 0.29) is 5.91 Å². The molecule has 1 unspecified atom stereocenters. The third-order valence-corrected chi connectivity index (χ3v) is 3.99. The van der Waals surface area contributed by atoms with Crippen molar-refractivity contribution in [2.75, 3.05) is 19.5 Å². The van der Waals surface area contributed by atoms with Gasteiger partial charge in [0.15, 0.2) is 17.7 Å². The Morgan fingerprint density at radius 3 is 2.73 bits per heavy atom. The molecule has 0 aliphatic heterocycles. The van der Waals surface area contributed by atoms with Crippen LogP contribution in [0.3, 0.4) is 0 Å². The van der Waals surface area contributed by atoms with Crippen molar-refractivity contribution >= 4 is 23.3 Å². The zero-order chi connectivity index (χ0) is 18.5. The number of halogens is 1. The molecule has 0 spiro atoms. The molecule has 1 atom stereocenters. The number of hydrogen-bond donors (Lipinski definition) is 1. The van der Waals surface area contributed by atoms with E-state index in [4.69, 9.17) is 21.1 Å². The van der Waals surface area contributed by atoms with Crippen LogP contribution < -0.4 is 10.1 Å². The molecule has 134 valence electrons. The van der Waals surface area contributed by atoms with Crippen LogP contribution in [0.25, 0.3) is 5.82 Å². The van der Waals surface area contributed by atoms with Gasteiger partial charge in [-0.2, -0.15) is 0 Å². The number of ether oxygens (including phenoxy) is 2. The van der Waals surface area contributed by atoms with E-state index in [0.717, 1.165) is 0 Å². The molecule has 3 rings (SSSR count). The zero-order valence-electron chi connectivity index (χ0n) is 14.2. The maximum atomic E-state index is 12.6. The number of nitrogens with zero attached hydrogens (tertiary/aromatic N) is 3. The number of para-hydroxylation sites is 1. The predicted octanol–water partition coefficient (Wildman–Crippen LogP) is 3.26. The average molecular weight is 373 g/mol. The van der Waals surface area contributed by atoms with Gasteiger partial charge in [-0.25, -0.2) is 9.67 Å². The molecule has 1 N–H and O–H groups in total. The van der Waals surface area contributed by atoms with Gasteiger partial charge < -0.3 is 14.8 Å². The largest absolute Gasteiger partial charge is 0.496 e. The first-order valence-electron chi connectivity index (χ1n) is 7.77. The predicted molar refractivity (Wildman–Crippen MR) is 97.7 cm³/mol.